The van der Waals surface area contributed by atoms with E-state index in [1.807, 2.05) is 45.0 Å². The highest BCUT2D eigenvalue weighted by atomic mass is 16.5. The summed E-state index contributed by atoms with van der Waals surface area (Å²) >= 11 is 0. The average molecular weight is 383 g/mol. The van der Waals surface area contributed by atoms with Crippen LogP contribution in [0.2, 0.25) is 0 Å². The molecule has 1 fully saturated rings. The van der Waals surface area contributed by atoms with E-state index in [1.165, 1.54) is 0 Å². The fraction of sp³-hybridized carbons (Fsp3) is 0.478. The number of nitrogens with zero attached hydrogens (tertiary/aromatic N) is 1. The predicted molar refractivity (Wildman–Crippen MR) is 111 cm³/mol. The Morgan fingerprint density at radius 2 is 1.82 bits per heavy atom. The second-order valence-electron chi connectivity index (χ2n) is 8.12. The Hall–Kier alpha value is -2.56. The van der Waals surface area contributed by atoms with E-state index in [0.717, 1.165) is 41.0 Å². The molecule has 0 aliphatic heterocycles. The van der Waals surface area contributed by atoms with Gasteiger partial charge in [-0.15, -0.1) is 0 Å². The largest absolute Gasteiger partial charge is 0.449 e. The van der Waals surface area contributed by atoms with E-state index < -0.39 is 12.1 Å². The van der Waals surface area contributed by atoms with Crippen molar-refractivity contribution in [2.45, 2.75) is 72.4 Å². The monoisotopic (exact) mass is 382 g/mol. The Morgan fingerprint density at radius 3 is 2.43 bits per heavy atom. The third kappa shape index (κ3) is 3.98. The van der Waals surface area contributed by atoms with Crippen molar-refractivity contribution in [3.8, 4) is 0 Å². The van der Waals surface area contributed by atoms with Crippen molar-refractivity contribution in [1.82, 2.24) is 4.57 Å². The van der Waals surface area contributed by atoms with Crippen molar-refractivity contribution in [1.29, 1.82) is 0 Å². The molecule has 0 unspecified atom stereocenters. The number of carbonyl (C=O) groups excluding carboxylic acids is 2. The van der Waals surface area contributed by atoms with E-state index in [2.05, 4.69) is 23.7 Å². The first-order valence-electron chi connectivity index (χ1n) is 10.0. The second-order valence-corrected chi connectivity index (χ2v) is 8.12. The first-order chi connectivity index (χ1) is 13.2. The fourth-order valence-corrected chi connectivity index (χ4v) is 3.72. The lowest BCUT2D eigenvalue weighted by molar-refractivity contribution is -0.123. The summed E-state index contributed by atoms with van der Waals surface area (Å²) in [7, 11) is 0. The molecular formula is C23H30N2O3. The molecule has 0 saturated heterocycles. The number of para-hydroxylation sites is 1. The normalized spacial score (nSPS) is 14.8. The smallest absolute Gasteiger partial charge is 0.340 e. The molecule has 1 N–H and O–H groups in total. The number of aromatic nitrogens is 1. The maximum atomic E-state index is 12.7. The van der Waals surface area contributed by atoms with Gasteiger partial charge in [-0.05, 0) is 63.6 Å². The van der Waals surface area contributed by atoms with Crippen LogP contribution in [0.5, 0.6) is 0 Å². The molecule has 1 aliphatic rings. The summed E-state index contributed by atoms with van der Waals surface area (Å²) in [4.78, 5) is 25.4. The van der Waals surface area contributed by atoms with Crippen LogP contribution in [0.4, 0.5) is 5.69 Å². The summed E-state index contributed by atoms with van der Waals surface area (Å²) in [6.45, 7) is 11.7. The molecule has 0 spiro atoms. The highest BCUT2D eigenvalue weighted by Crippen LogP contribution is 2.38. The van der Waals surface area contributed by atoms with Gasteiger partial charge in [0.2, 0.25) is 0 Å². The third-order valence-electron chi connectivity index (χ3n) is 5.44. The molecule has 1 aromatic carbocycles. The average Bonchev–Trinajstić information content (AvgIpc) is 3.41. The molecular weight excluding hydrogens is 352 g/mol. The molecule has 2 aromatic rings. The molecule has 3 rings (SSSR count). The number of aryl methyl sites for hydroxylation is 2. The van der Waals surface area contributed by atoms with Gasteiger partial charge in [0.05, 0.1) is 5.56 Å². The zero-order chi connectivity index (χ0) is 20.6. The number of carbonyl (C=O) groups is 2. The quantitative estimate of drug-likeness (QED) is 0.711. The van der Waals surface area contributed by atoms with Crippen molar-refractivity contribution in [3.05, 3.63) is 52.3 Å². The van der Waals surface area contributed by atoms with Gasteiger partial charge in [-0.1, -0.05) is 32.0 Å². The van der Waals surface area contributed by atoms with E-state index in [0.29, 0.717) is 11.6 Å². The Morgan fingerprint density at radius 1 is 1.14 bits per heavy atom. The lowest BCUT2D eigenvalue weighted by Gasteiger charge is -2.19. The van der Waals surface area contributed by atoms with Crippen LogP contribution < -0.4 is 5.32 Å². The number of hydrogen-bond acceptors (Lipinski definition) is 3. The van der Waals surface area contributed by atoms with E-state index in [-0.39, 0.29) is 11.8 Å². The molecule has 150 valence electrons. The minimum atomic E-state index is -0.879. The molecule has 1 aliphatic carbocycles. The third-order valence-corrected chi connectivity index (χ3v) is 5.44. The molecule has 5 heteroatoms. The lowest BCUT2D eigenvalue weighted by Crippen LogP contribution is -2.30. The number of anilines is 1. The summed E-state index contributed by atoms with van der Waals surface area (Å²) in [5, 5.41) is 2.95. The lowest BCUT2D eigenvalue weighted by atomic mass is 9.98. The van der Waals surface area contributed by atoms with Crippen molar-refractivity contribution < 1.29 is 14.3 Å². The SMILES string of the molecule is Cc1cccc(C(C)C)c1NC(=O)[C@H](C)OC(=O)c1cc(C)n(C2CC2)c1C. The van der Waals surface area contributed by atoms with Crippen molar-refractivity contribution >= 4 is 17.6 Å². The number of hydrogen-bond donors (Lipinski definition) is 1. The molecule has 1 aromatic heterocycles. The summed E-state index contributed by atoms with van der Waals surface area (Å²) in [5.74, 6) is -0.488. The molecule has 1 amide bonds. The number of amides is 1. The van der Waals surface area contributed by atoms with Crippen molar-refractivity contribution in [3.63, 3.8) is 0 Å². The molecule has 28 heavy (non-hydrogen) atoms. The summed E-state index contributed by atoms with van der Waals surface area (Å²) in [6.07, 6.45) is 1.42. The Balaban J connectivity index is 1.72. The van der Waals surface area contributed by atoms with E-state index in [9.17, 15) is 9.59 Å². The van der Waals surface area contributed by atoms with Crippen LogP contribution in [0, 0.1) is 20.8 Å². The molecule has 1 atom stereocenters. The van der Waals surface area contributed by atoms with Crippen LogP contribution in [0.1, 0.15) is 78.4 Å². The van der Waals surface area contributed by atoms with Gasteiger partial charge in [0.1, 0.15) is 0 Å². The molecule has 0 radical (unpaired) electrons. The van der Waals surface area contributed by atoms with E-state index in [1.54, 1.807) is 6.92 Å². The summed E-state index contributed by atoms with van der Waals surface area (Å²) in [5.41, 5.74) is 5.38. The van der Waals surface area contributed by atoms with Gasteiger partial charge in [0.25, 0.3) is 5.91 Å². The zero-order valence-electron chi connectivity index (χ0n) is 17.6. The Kier molecular flexibility index (Phi) is 5.64. The van der Waals surface area contributed by atoms with Crippen molar-refractivity contribution in [2.75, 3.05) is 5.32 Å². The van der Waals surface area contributed by atoms with Crippen LogP contribution >= 0.6 is 0 Å². The summed E-state index contributed by atoms with van der Waals surface area (Å²) < 4.78 is 7.69. The maximum absolute atomic E-state index is 12.7. The molecule has 0 bridgehead atoms. The second kappa shape index (κ2) is 7.82. The first-order valence-corrected chi connectivity index (χ1v) is 10.0. The zero-order valence-corrected chi connectivity index (χ0v) is 17.6. The molecule has 5 nitrogen and oxygen atoms in total. The number of nitrogens with one attached hydrogen (secondary N) is 1. The Labute approximate surface area is 167 Å². The van der Waals surface area contributed by atoms with Crippen LogP contribution in [-0.2, 0) is 9.53 Å². The van der Waals surface area contributed by atoms with Gasteiger partial charge in [-0.25, -0.2) is 4.79 Å². The van der Waals surface area contributed by atoms with Gasteiger partial charge < -0.3 is 14.6 Å². The van der Waals surface area contributed by atoms with Crippen LogP contribution in [0.3, 0.4) is 0 Å². The van der Waals surface area contributed by atoms with E-state index in [4.69, 9.17) is 4.74 Å². The highest BCUT2D eigenvalue weighted by Gasteiger charge is 2.30. The van der Waals surface area contributed by atoms with Crippen LogP contribution in [0.25, 0.3) is 0 Å². The minimum Gasteiger partial charge on any atom is -0.449 e. The number of rotatable bonds is 6. The standard InChI is InChI=1S/C23H30N2O3/c1-13(2)19-9-7-8-14(3)21(19)24-22(26)17(6)28-23(27)20-12-15(4)25(16(20)5)18-10-11-18/h7-9,12-13,17-18H,10-11H2,1-6H3,(H,24,26)/t17-/m0/s1. The fourth-order valence-electron chi connectivity index (χ4n) is 3.72. The van der Waals surface area contributed by atoms with Gasteiger partial charge in [-0.2, -0.15) is 0 Å². The van der Waals surface area contributed by atoms with E-state index >= 15 is 0 Å². The summed E-state index contributed by atoms with van der Waals surface area (Å²) in [6, 6.07) is 8.32. The van der Waals surface area contributed by atoms with Gasteiger partial charge >= 0.3 is 5.97 Å². The topological polar surface area (TPSA) is 60.3 Å². The molecule has 1 heterocycles. The van der Waals surface area contributed by atoms with Gasteiger partial charge in [-0.3, -0.25) is 4.79 Å². The first kappa shape index (κ1) is 20.2. The number of ether oxygens (including phenoxy) is 1. The molecule has 1 saturated carbocycles. The van der Waals surface area contributed by atoms with Gasteiger partial charge in [0.15, 0.2) is 6.10 Å². The maximum Gasteiger partial charge on any atom is 0.340 e. The van der Waals surface area contributed by atoms with Crippen LogP contribution in [0.15, 0.2) is 24.3 Å². The van der Waals surface area contributed by atoms with Crippen molar-refractivity contribution in [2.24, 2.45) is 0 Å². The number of benzene rings is 1. The van der Waals surface area contributed by atoms with Gasteiger partial charge in [0, 0.05) is 23.1 Å². The number of esters is 1. The minimum absolute atomic E-state index is 0.279. The van der Waals surface area contributed by atoms with Crippen LogP contribution in [-0.4, -0.2) is 22.5 Å². The predicted octanol–water partition coefficient (Wildman–Crippen LogP) is 5.06. The Bertz CT molecular complexity index is 907. The highest BCUT2D eigenvalue weighted by molar-refractivity contribution is 5.98.